The highest BCUT2D eigenvalue weighted by atomic mass is 31.1. The zero-order valence-corrected chi connectivity index (χ0v) is 12.6. The third kappa shape index (κ3) is 4.04. The predicted octanol–water partition coefficient (Wildman–Crippen LogP) is 3.39. The van der Waals surface area contributed by atoms with Crippen LogP contribution >= 0.6 is 8.58 Å². The number of methoxy groups -OCH3 is 1. The van der Waals surface area contributed by atoms with E-state index in [2.05, 4.69) is 9.72 Å². The van der Waals surface area contributed by atoms with Crippen molar-refractivity contribution in [3.8, 4) is 0 Å². The molecular weight excluding hydrogens is 314 g/mol. The lowest BCUT2D eigenvalue weighted by Crippen LogP contribution is -2.14. The Morgan fingerprint density at radius 1 is 1.18 bits per heavy atom. The topological polar surface area (TPSA) is 39.2 Å². The van der Waals surface area contributed by atoms with Gasteiger partial charge in [0.1, 0.15) is 5.69 Å². The van der Waals surface area contributed by atoms with E-state index in [9.17, 15) is 18.0 Å². The maximum absolute atomic E-state index is 12.8. The van der Waals surface area contributed by atoms with Gasteiger partial charge < -0.3 is 4.74 Å². The molecule has 0 saturated heterocycles. The van der Waals surface area contributed by atoms with Gasteiger partial charge in [-0.3, -0.25) is 0 Å². The summed E-state index contributed by atoms with van der Waals surface area (Å²) < 4.78 is 42.9. The van der Waals surface area contributed by atoms with E-state index in [1.807, 2.05) is 30.3 Å². The van der Waals surface area contributed by atoms with Crippen molar-refractivity contribution >= 4 is 19.9 Å². The molecule has 0 aliphatic rings. The number of rotatable bonds is 4. The molecule has 1 atom stereocenters. The molecule has 0 spiro atoms. The summed E-state index contributed by atoms with van der Waals surface area (Å²) in [6, 6.07) is 11.2. The molecule has 0 fully saturated rings. The van der Waals surface area contributed by atoms with Crippen LogP contribution < -0.4 is 5.30 Å². The number of halogens is 3. The number of carbonyl (C=O) groups excluding carboxylic acids is 1. The molecule has 116 valence electrons. The average molecular weight is 327 g/mol. The summed E-state index contributed by atoms with van der Waals surface area (Å²) in [5, 5.41) is 0.984. The van der Waals surface area contributed by atoms with Gasteiger partial charge in [0.05, 0.1) is 18.4 Å². The van der Waals surface area contributed by atoms with Gasteiger partial charge in [0.25, 0.3) is 0 Å². The third-order valence-corrected chi connectivity index (χ3v) is 4.16. The summed E-state index contributed by atoms with van der Waals surface area (Å²) in [5.41, 5.74) is -0.837. The first-order valence-corrected chi connectivity index (χ1v) is 7.57. The summed E-state index contributed by atoms with van der Waals surface area (Å²) >= 11 is 0. The second-order valence-electron chi connectivity index (χ2n) is 4.40. The zero-order valence-electron chi connectivity index (χ0n) is 11.6. The minimum absolute atomic E-state index is 0.0685. The second-order valence-corrected chi connectivity index (χ2v) is 5.68. The molecule has 0 saturated carbocycles. The van der Waals surface area contributed by atoms with E-state index in [0.29, 0.717) is 0 Å². The van der Waals surface area contributed by atoms with E-state index in [4.69, 9.17) is 0 Å². The minimum atomic E-state index is -4.54. The molecule has 2 rings (SSSR count). The van der Waals surface area contributed by atoms with Crippen LogP contribution in [0.3, 0.4) is 0 Å². The van der Waals surface area contributed by atoms with Crippen LogP contribution in [0.5, 0.6) is 0 Å². The van der Waals surface area contributed by atoms with E-state index < -0.39 is 17.8 Å². The number of hydrogen-bond donors (Lipinski definition) is 0. The Hall–Kier alpha value is -1.94. The molecule has 1 aromatic carbocycles. The number of carbonyl (C=O) groups is 1. The van der Waals surface area contributed by atoms with Crippen LogP contribution in [0.4, 0.5) is 13.2 Å². The maximum atomic E-state index is 12.8. The molecule has 0 aliphatic carbocycles. The van der Waals surface area contributed by atoms with Gasteiger partial charge in [-0.1, -0.05) is 38.9 Å². The van der Waals surface area contributed by atoms with Gasteiger partial charge in [0, 0.05) is 6.16 Å². The highest BCUT2D eigenvalue weighted by molar-refractivity contribution is 7.46. The first kappa shape index (κ1) is 16.4. The van der Waals surface area contributed by atoms with Crippen LogP contribution in [0, 0.1) is 0 Å². The minimum Gasteiger partial charge on any atom is -0.465 e. The van der Waals surface area contributed by atoms with Crippen molar-refractivity contribution in [2.45, 2.75) is 12.3 Å². The summed E-state index contributed by atoms with van der Waals surface area (Å²) in [6.45, 7) is 0. The average Bonchev–Trinajstić information content (AvgIpc) is 2.52. The Morgan fingerprint density at radius 3 is 2.45 bits per heavy atom. The lowest BCUT2D eigenvalue weighted by atomic mass is 10.2. The molecular formula is C15H13F3NO2P. The highest BCUT2D eigenvalue weighted by Crippen LogP contribution is 2.30. The maximum Gasteiger partial charge on any atom is 0.433 e. The molecule has 0 radical (unpaired) electrons. The van der Waals surface area contributed by atoms with Gasteiger partial charge in [0.15, 0.2) is 0 Å². The van der Waals surface area contributed by atoms with Crippen LogP contribution in [0.25, 0.3) is 0 Å². The fourth-order valence-electron chi connectivity index (χ4n) is 1.83. The number of pyridine rings is 1. The molecule has 0 bridgehead atoms. The lowest BCUT2D eigenvalue weighted by molar-refractivity contribution is -0.141. The van der Waals surface area contributed by atoms with Crippen LogP contribution in [0.2, 0.25) is 0 Å². The number of nitrogens with zero attached hydrogens (tertiary/aromatic N) is 1. The zero-order chi connectivity index (χ0) is 16.2. The second kappa shape index (κ2) is 6.88. The Balaban J connectivity index is 2.31. The summed E-state index contributed by atoms with van der Waals surface area (Å²) in [7, 11) is 1.40. The quantitative estimate of drug-likeness (QED) is 0.638. The lowest BCUT2D eigenvalue weighted by Gasteiger charge is -2.11. The molecule has 1 unspecified atom stereocenters. The Labute approximate surface area is 127 Å². The number of ether oxygens (including phenoxy) is 1. The van der Waals surface area contributed by atoms with Crippen molar-refractivity contribution in [1.82, 2.24) is 4.98 Å². The van der Waals surface area contributed by atoms with Gasteiger partial charge in [-0.25, -0.2) is 9.78 Å². The molecule has 1 aromatic heterocycles. The molecule has 3 nitrogen and oxygen atoms in total. The fourth-order valence-corrected chi connectivity index (χ4v) is 2.90. The normalized spacial score (nSPS) is 11.8. The number of aromatic nitrogens is 1. The van der Waals surface area contributed by atoms with Crippen molar-refractivity contribution in [3.05, 3.63) is 59.4 Å². The van der Waals surface area contributed by atoms with Crippen molar-refractivity contribution in [2.75, 3.05) is 7.11 Å². The Bertz CT molecular complexity index is 660. The molecule has 0 aliphatic heterocycles. The summed E-state index contributed by atoms with van der Waals surface area (Å²) in [5.74, 6) is -0.686. The van der Waals surface area contributed by atoms with E-state index in [0.717, 1.165) is 17.4 Å². The van der Waals surface area contributed by atoms with Gasteiger partial charge in [-0.2, -0.15) is 13.2 Å². The van der Waals surface area contributed by atoms with E-state index in [1.165, 1.54) is 7.11 Å². The van der Waals surface area contributed by atoms with Crippen LogP contribution in [0.15, 0.2) is 42.5 Å². The van der Waals surface area contributed by atoms with E-state index in [-0.39, 0.29) is 26.0 Å². The van der Waals surface area contributed by atoms with Crippen molar-refractivity contribution in [1.29, 1.82) is 0 Å². The van der Waals surface area contributed by atoms with Gasteiger partial charge >= 0.3 is 12.1 Å². The van der Waals surface area contributed by atoms with E-state index >= 15 is 0 Å². The highest BCUT2D eigenvalue weighted by Gasteiger charge is 2.33. The van der Waals surface area contributed by atoms with Crippen molar-refractivity contribution in [2.24, 2.45) is 0 Å². The van der Waals surface area contributed by atoms with Crippen LogP contribution in [-0.2, 0) is 17.1 Å². The Kier molecular flexibility index (Phi) is 5.14. The smallest absolute Gasteiger partial charge is 0.433 e. The number of benzene rings is 1. The van der Waals surface area contributed by atoms with Gasteiger partial charge in [0.2, 0.25) is 0 Å². The third-order valence-electron chi connectivity index (χ3n) is 2.90. The number of alkyl halides is 3. The molecule has 22 heavy (non-hydrogen) atoms. The Morgan fingerprint density at radius 2 is 1.86 bits per heavy atom. The molecule has 0 amide bonds. The van der Waals surface area contributed by atoms with E-state index in [1.54, 1.807) is 0 Å². The number of hydrogen-bond acceptors (Lipinski definition) is 3. The van der Waals surface area contributed by atoms with Crippen molar-refractivity contribution < 1.29 is 22.7 Å². The first-order valence-electron chi connectivity index (χ1n) is 6.36. The number of esters is 1. The summed E-state index contributed by atoms with van der Waals surface area (Å²) in [4.78, 5) is 15.3. The summed E-state index contributed by atoms with van der Waals surface area (Å²) in [6.07, 6.45) is -4.29. The van der Waals surface area contributed by atoms with Gasteiger partial charge in [-0.15, -0.1) is 0 Å². The molecule has 1 heterocycles. The molecule has 2 aromatic rings. The first-order chi connectivity index (χ1) is 10.4. The largest absolute Gasteiger partial charge is 0.465 e. The molecule has 0 N–H and O–H groups in total. The SMILES string of the molecule is COC(=O)c1ccc(C(F)(F)F)nc1CPc1ccccc1. The van der Waals surface area contributed by atoms with Crippen LogP contribution in [-0.4, -0.2) is 18.1 Å². The predicted molar refractivity (Wildman–Crippen MR) is 78.7 cm³/mol. The van der Waals surface area contributed by atoms with Gasteiger partial charge in [-0.05, 0) is 17.4 Å². The molecule has 7 heteroatoms. The monoisotopic (exact) mass is 327 g/mol. The van der Waals surface area contributed by atoms with Crippen molar-refractivity contribution in [3.63, 3.8) is 0 Å². The fraction of sp³-hybridized carbons (Fsp3) is 0.200. The standard InChI is InChI=1S/C15H13F3NO2P/c1-21-14(20)11-7-8-13(15(16,17)18)19-12(11)9-22-10-5-3-2-4-6-10/h2-8,22H,9H2,1H3. The van der Waals surface area contributed by atoms with Crippen LogP contribution in [0.1, 0.15) is 21.7 Å².